The maximum Gasteiger partial charge on any atom is 0.240 e. The molecule has 3 aliphatic rings. The number of aliphatic hydroxyl groups excluding tert-OH is 3. The lowest BCUT2D eigenvalue weighted by Crippen LogP contribution is -2.65. The summed E-state index contributed by atoms with van der Waals surface area (Å²) < 4.78 is 12.1. The summed E-state index contributed by atoms with van der Waals surface area (Å²) in [7, 11) is 1.94. The van der Waals surface area contributed by atoms with Crippen molar-refractivity contribution < 1.29 is 29.6 Å². The molecule has 33 heavy (non-hydrogen) atoms. The number of carbonyl (C=O) groups is 1. The average Bonchev–Trinajstić information content (AvgIpc) is 2.92. The number of aliphatic hydroxyl groups is 3. The van der Waals surface area contributed by atoms with Gasteiger partial charge in [0.05, 0.1) is 17.5 Å². The Bertz CT molecular complexity index is 656. The first-order chi connectivity index (χ1) is 15.5. The largest absolute Gasteiger partial charge is 0.388 e. The minimum atomic E-state index is -1.39. The zero-order valence-electron chi connectivity index (χ0n) is 20.3. The molecule has 4 N–H and O–H groups in total. The lowest BCUT2D eigenvalue weighted by molar-refractivity contribution is -0.205. The molecule has 0 spiro atoms. The molecule has 10 heteroatoms. The molecular formula is C23H41ClN2O6S. The Kier molecular flexibility index (Phi) is 9.77. The average molecular weight is 509 g/mol. The number of alkyl halides is 1. The Balaban J connectivity index is 1.72. The van der Waals surface area contributed by atoms with Crippen LogP contribution in [-0.2, 0) is 14.3 Å². The number of hydrogen-bond donors (Lipinski definition) is 4. The minimum Gasteiger partial charge on any atom is -0.388 e. The van der Waals surface area contributed by atoms with E-state index in [0.717, 1.165) is 19.4 Å². The molecule has 11 atom stereocenters. The summed E-state index contributed by atoms with van der Waals surface area (Å²) in [6, 6.07) is -1.21. The summed E-state index contributed by atoms with van der Waals surface area (Å²) in [5.41, 5.74) is -0.732. The Morgan fingerprint density at radius 1 is 1.21 bits per heavy atom. The van der Waals surface area contributed by atoms with Gasteiger partial charge in [-0.25, -0.2) is 0 Å². The van der Waals surface area contributed by atoms with Gasteiger partial charge < -0.3 is 30.1 Å². The molecule has 0 saturated carbocycles. The first-order valence-electron chi connectivity index (χ1n) is 12.0. The number of rotatable bonds is 7. The number of halogens is 1. The third-order valence-corrected chi connectivity index (χ3v) is 8.44. The number of nitrogens with one attached hydrogen (secondary N) is 1. The summed E-state index contributed by atoms with van der Waals surface area (Å²) in [5.74, 6) is 1.31. The topological polar surface area (TPSA) is 111 Å². The van der Waals surface area contributed by atoms with Gasteiger partial charge >= 0.3 is 0 Å². The first-order valence-corrected chi connectivity index (χ1v) is 13.8. The molecule has 0 radical (unpaired) electrons. The van der Waals surface area contributed by atoms with Crippen molar-refractivity contribution in [2.24, 2.45) is 17.8 Å². The molecule has 1 amide bonds. The zero-order chi connectivity index (χ0) is 24.4. The van der Waals surface area contributed by atoms with Crippen molar-refractivity contribution in [2.75, 3.05) is 26.5 Å². The van der Waals surface area contributed by atoms with Crippen molar-refractivity contribution in [1.82, 2.24) is 10.2 Å². The van der Waals surface area contributed by atoms with E-state index in [-0.39, 0.29) is 12.0 Å². The fraction of sp³-hybridized carbons (Fsp3) is 0.957. The number of amides is 1. The molecule has 3 heterocycles. The van der Waals surface area contributed by atoms with Gasteiger partial charge in [-0.15, -0.1) is 23.4 Å². The summed E-state index contributed by atoms with van der Waals surface area (Å²) in [6.07, 6.45) is -0.163. The van der Waals surface area contributed by atoms with Gasteiger partial charge in [0.25, 0.3) is 0 Å². The normalized spacial score (nSPS) is 41.9. The molecule has 0 aromatic heterocycles. The summed E-state index contributed by atoms with van der Waals surface area (Å²) >= 11 is 7.67. The predicted molar refractivity (Wildman–Crippen MR) is 129 cm³/mol. The number of thioether (sulfide) groups is 1. The van der Waals surface area contributed by atoms with Crippen LogP contribution in [0.4, 0.5) is 0 Å². The highest BCUT2D eigenvalue weighted by molar-refractivity contribution is 7.99. The van der Waals surface area contributed by atoms with E-state index in [2.05, 4.69) is 19.2 Å². The lowest BCUT2D eigenvalue weighted by Gasteiger charge is -2.44. The molecule has 192 valence electrons. The lowest BCUT2D eigenvalue weighted by atomic mass is 9.85. The minimum absolute atomic E-state index is 0.193. The molecule has 0 bridgehead atoms. The van der Waals surface area contributed by atoms with Gasteiger partial charge in [-0.3, -0.25) is 9.69 Å². The molecule has 8 nitrogen and oxygen atoms in total. The molecule has 0 aromatic carbocycles. The monoisotopic (exact) mass is 508 g/mol. The van der Waals surface area contributed by atoms with E-state index >= 15 is 0 Å². The molecular weight excluding hydrogens is 468 g/mol. The smallest absolute Gasteiger partial charge is 0.240 e. The van der Waals surface area contributed by atoms with Crippen molar-refractivity contribution in [3.63, 3.8) is 0 Å². The van der Waals surface area contributed by atoms with Crippen LogP contribution >= 0.6 is 23.4 Å². The second-order valence-electron chi connectivity index (χ2n) is 10.4. The van der Waals surface area contributed by atoms with E-state index in [1.807, 2.05) is 11.9 Å². The summed E-state index contributed by atoms with van der Waals surface area (Å²) in [4.78, 5) is 15.5. The fourth-order valence-corrected chi connectivity index (χ4v) is 6.64. The van der Waals surface area contributed by atoms with E-state index in [9.17, 15) is 20.1 Å². The van der Waals surface area contributed by atoms with Gasteiger partial charge in [0, 0.05) is 19.1 Å². The van der Waals surface area contributed by atoms with Crippen LogP contribution in [0.1, 0.15) is 40.0 Å². The SMILES string of the molecule is CSC1O[C@H]([C@H](NC(=O)[C@@H]2[C@@H]3OCC[C@@H](CC(C)C)C[C@H]3CN2C)[C@H](C)Cl)[C@@H](O)C(O)[C@H]1O. The second-order valence-corrected chi connectivity index (χ2v) is 12.0. The van der Waals surface area contributed by atoms with Crippen LogP contribution in [-0.4, -0.2) is 106 Å². The Morgan fingerprint density at radius 3 is 2.52 bits per heavy atom. The van der Waals surface area contributed by atoms with Gasteiger partial charge in [0.15, 0.2) is 0 Å². The van der Waals surface area contributed by atoms with E-state index in [1.54, 1.807) is 13.2 Å². The molecule has 3 rings (SSSR count). The van der Waals surface area contributed by atoms with Crippen LogP contribution < -0.4 is 5.32 Å². The van der Waals surface area contributed by atoms with E-state index < -0.39 is 47.3 Å². The van der Waals surface area contributed by atoms with E-state index in [1.165, 1.54) is 18.2 Å². The van der Waals surface area contributed by atoms with Gasteiger partial charge in [-0.1, -0.05) is 13.8 Å². The van der Waals surface area contributed by atoms with Crippen LogP contribution in [0.5, 0.6) is 0 Å². The van der Waals surface area contributed by atoms with Gasteiger partial charge in [0.2, 0.25) is 5.91 Å². The summed E-state index contributed by atoms with van der Waals surface area (Å²) in [6.45, 7) is 7.64. The number of nitrogens with zero attached hydrogens (tertiary/aromatic N) is 1. The van der Waals surface area contributed by atoms with Crippen LogP contribution in [0.2, 0.25) is 0 Å². The third-order valence-electron chi connectivity index (χ3n) is 7.32. The quantitative estimate of drug-likeness (QED) is 0.377. The standard InChI is InChI=1S/C23H41ClN2O6S/c1-11(2)8-13-6-7-31-20-14(9-13)10-26(4)16(20)22(30)25-15(12(3)24)21-18(28)17(27)19(29)23(32-21)33-5/h11-21,23,27-29H,6-10H2,1-5H3,(H,25,30)/t12-,13-,14-,15+,16-,17?,18-,19+,20+,21+,23?/m0/s1. The molecule has 3 aliphatic heterocycles. The predicted octanol–water partition coefficient (Wildman–Crippen LogP) is 1.04. The Hall–Kier alpha value is -0.130. The fourth-order valence-electron chi connectivity index (χ4n) is 5.75. The maximum absolute atomic E-state index is 13.5. The number of likely N-dealkylation sites (N-methyl/N-ethyl adjacent to an activating group) is 1. The van der Waals surface area contributed by atoms with Crippen molar-refractivity contribution in [2.45, 2.75) is 93.5 Å². The Labute approximate surface area is 206 Å². The number of carbonyl (C=O) groups excluding carboxylic acids is 1. The molecule has 3 saturated heterocycles. The van der Waals surface area contributed by atoms with E-state index in [4.69, 9.17) is 21.1 Å². The van der Waals surface area contributed by atoms with Crippen molar-refractivity contribution in [3.05, 3.63) is 0 Å². The summed E-state index contributed by atoms with van der Waals surface area (Å²) in [5, 5.41) is 33.5. The highest BCUT2D eigenvalue weighted by atomic mass is 35.5. The van der Waals surface area contributed by atoms with Gasteiger partial charge in [-0.2, -0.15) is 0 Å². The van der Waals surface area contributed by atoms with Crippen LogP contribution in [0.25, 0.3) is 0 Å². The van der Waals surface area contributed by atoms with Crippen LogP contribution in [0, 0.1) is 17.8 Å². The van der Waals surface area contributed by atoms with Gasteiger partial charge in [0.1, 0.15) is 35.9 Å². The van der Waals surface area contributed by atoms with Crippen molar-refractivity contribution >= 4 is 29.3 Å². The molecule has 3 fully saturated rings. The molecule has 2 unspecified atom stereocenters. The number of hydrogen-bond acceptors (Lipinski definition) is 8. The van der Waals surface area contributed by atoms with Crippen molar-refractivity contribution in [1.29, 1.82) is 0 Å². The number of ether oxygens (including phenoxy) is 2. The third kappa shape index (κ3) is 6.17. The molecule has 0 aliphatic carbocycles. The van der Waals surface area contributed by atoms with Crippen LogP contribution in [0.3, 0.4) is 0 Å². The van der Waals surface area contributed by atoms with Crippen molar-refractivity contribution in [3.8, 4) is 0 Å². The second kappa shape index (κ2) is 11.7. The van der Waals surface area contributed by atoms with E-state index in [0.29, 0.717) is 24.4 Å². The maximum atomic E-state index is 13.5. The Morgan fingerprint density at radius 2 is 1.91 bits per heavy atom. The van der Waals surface area contributed by atoms with Crippen LogP contribution in [0.15, 0.2) is 0 Å². The zero-order valence-corrected chi connectivity index (χ0v) is 21.8. The highest BCUT2D eigenvalue weighted by Crippen LogP contribution is 2.37. The first kappa shape index (κ1) is 27.5. The molecule has 0 aromatic rings. The highest BCUT2D eigenvalue weighted by Gasteiger charge is 2.50. The number of likely N-dealkylation sites (tertiary alicyclic amines) is 1. The van der Waals surface area contributed by atoms with Gasteiger partial charge in [-0.05, 0) is 51.3 Å². The number of fused-ring (bicyclic) bond motifs is 1.